The van der Waals surface area contributed by atoms with Gasteiger partial charge in [0.2, 0.25) is 0 Å². The number of benzene rings is 2. The molecule has 0 aliphatic carbocycles. The zero-order valence-corrected chi connectivity index (χ0v) is 12.2. The van der Waals surface area contributed by atoms with Crippen molar-refractivity contribution in [3.05, 3.63) is 53.6 Å². The second-order valence-corrected chi connectivity index (χ2v) is 4.46. The van der Waals surface area contributed by atoms with Crippen LogP contribution < -0.4 is 14.8 Å². The second kappa shape index (κ2) is 7.20. The van der Waals surface area contributed by atoms with Gasteiger partial charge in [-0.15, -0.1) is 0 Å². The second-order valence-electron chi connectivity index (χ2n) is 4.46. The summed E-state index contributed by atoms with van der Waals surface area (Å²) in [5, 5.41) is 12.3. The largest absolute Gasteiger partial charge is 0.495 e. The first-order chi connectivity index (χ1) is 10.3. The van der Waals surface area contributed by atoms with E-state index >= 15 is 0 Å². The number of nitriles is 1. The van der Waals surface area contributed by atoms with E-state index in [2.05, 4.69) is 11.4 Å². The van der Waals surface area contributed by atoms with E-state index in [0.29, 0.717) is 24.5 Å². The quantitative estimate of drug-likeness (QED) is 0.880. The summed E-state index contributed by atoms with van der Waals surface area (Å²) in [5.74, 6) is 1.44. The highest BCUT2D eigenvalue weighted by molar-refractivity contribution is 5.50. The summed E-state index contributed by atoms with van der Waals surface area (Å²) in [6.07, 6.45) is 0. The Morgan fingerprint density at radius 1 is 1.19 bits per heavy atom. The molecule has 0 heterocycles. The maximum Gasteiger partial charge on any atom is 0.136 e. The van der Waals surface area contributed by atoms with Gasteiger partial charge >= 0.3 is 0 Å². The molecule has 0 radical (unpaired) electrons. The molecule has 0 amide bonds. The molecule has 1 N–H and O–H groups in total. The number of rotatable bonds is 6. The van der Waals surface area contributed by atoms with Crippen molar-refractivity contribution in [2.45, 2.75) is 13.5 Å². The molecule has 4 nitrogen and oxygen atoms in total. The van der Waals surface area contributed by atoms with Crippen LogP contribution in [0.25, 0.3) is 0 Å². The molecule has 108 valence electrons. The van der Waals surface area contributed by atoms with Crippen molar-refractivity contribution in [1.82, 2.24) is 0 Å². The van der Waals surface area contributed by atoms with Crippen LogP contribution in [0.4, 0.5) is 5.69 Å². The molecule has 0 aliphatic rings. The number of ether oxygens (including phenoxy) is 2. The highest BCUT2D eigenvalue weighted by atomic mass is 16.5. The normalized spacial score (nSPS) is 9.76. The van der Waals surface area contributed by atoms with E-state index in [1.54, 1.807) is 13.2 Å². The number of methoxy groups -OCH3 is 1. The van der Waals surface area contributed by atoms with Crippen LogP contribution in [0.15, 0.2) is 42.5 Å². The zero-order chi connectivity index (χ0) is 15.1. The van der Waals surface area contributed by atoms with E-state index in [0.717, 1.165) is 17.0 Å². The third-order valence-corrected chi connectivity index (χ3v) is 3.03. The third kappa shape index (κ3) is 3.90. The van der Waals surface area contributed by atoms with E-state index in [9.17, 15) is 0 Å². The fourth-order valence-corrected chi connectivity index (χ4v) is 2.00. The van der Waals surface area contributed by atoms with Crippen LogP contribution in [0.2, 0.25) is 0 Å². The van der Waals surface area contributed by atoms with E-state index < -0.39 is 0 Å². The first-order valence-electron chi connectivity index (χ1n) is 6.80. The molecule has 2 aromatic carbocycles. The monoisotopic (exact) mass is 282 g/mol. The molecule has 0 fully saturated rings. The fourth-order valence-electron chi connectivity index (χ4n) is 2.00. The smallest absolute Gasteiger partial charge is 0.136 e. The SMILES string of the molecule is CCOc1cccc(NCc2ccc(C#N)c(OC)c2)c1. The third-order valence-electron chi connectivity index (χ3n) is 3.03. The van der Waals surface area contributed by atoms with E-state index in [-0.39, 0.29) is 0 Å². The van der Waals surface area contributed by atoms with Gasteiger partial charge in [0.15, 0.2) is 0 Å². The summed E-state index contributed by atoms with van der Waals surface area (Å²) in [6, 6.07) is 15.5. The van der Waals surface area contributed by atoms with Crippen LogP contribution in [-0.4, -0.2) is 13.7 Å². The van der Waals surface area contributed by atoms with Crippen LogP contribution in [-0.2, 0) is 6.54 Å². The lowest BCUT2D eigenvalue weighted by Crippen LogP contribution is -2.01. The zero-order valence-electron chi connectivity index (χ0n) is 12.2. The minimum Gasteiger partial charge on any atom is -0.495 e. The Morgan fingerprint density at radius 2 is 2.05 bits per heavy atom. The molecule has 2 rings (SSSR count). The van der Waals surface area contributed by atoms with Gasteiger partial charge in [0.25, 0.3) is 0 Å². The topological polar surface area (TPSA) is 54.3 Å². The molecule has 0 saturated carbocycles. The van der Waals surface area contributed by atoms with Gasteiger partial charge in [-0.1, -0.05) is 12.1 Å². The van der Waals surface area contributed by atoms with Gasteiger partial charge < -0.3 is 14.8 Å². The van der Waals surface area contributed by atoms with E-state index in [4.69, 9.17) is 14.7 Å². The predicted molar refractivity (Wildman–Crippen MR) is 82.6 cm³/mol. The molecule has 2 aromatic rings. The Morgan fingerprint density at radius 3 is 2.76 bits per heavy atom. The number of nitrogens with one attached hydrogen (secondary N) is 1. The lowest BCUT2D eigenvalue weighted by atomic mass is 10.1. The number of hydrogen-bond acceptors (Lipinski definition) is 4. The van der Waals surface area contributed by atoms with Gasteiger partial charge in [-0.05, 0) is 36.8 Å². The van der Waals surface area contributed by atoms with Crippen LogP contribution in [0, 0.1) is 11.3 Å². The standard InChI is InChI=1S/C17H18N2O2/c1-3-21-16-6-4-5-15(10-16)19-12-13-7-8-14(11-18)17(9-13)20-2/h4-10,19H,3,12H2,1-2H3. The molecule has 21 heavy (non-hydrogen) atoms. The highest BCUT2D eigenvalue weighted by Gasteiger charge is 2.04. The summed E-state index contributed by atoms with van der Waals surface area (Å²) >= 11 is 0. The molecule has 0 spiro atoms. The van der Waals surface area contributed by atoms with Gasteiger partial charge in [-0.3, -0.25) is 0 Å². The van der Waals surface area contributed by atoms with Gasteiger partial charge in [-0.25, -0.2) is 0 Å². The Bertz CT molecular complexity index is 647. The first kappa shape index (κ1) is 14.7. The molecule has 4 heteroatoms. The fraction of sp³-hybridized carbons (Fsp3) is 0.235. The molecular weight excluding hydrogens is 264 g/mol. The Balaban J connectivity index is 2.06. The average Bonchev–Trinajstić information content (AvgIpc) is 2.53. The van der Waals surface area contributed by atoms with E-state index in [1.807, 2.05) is 43.3 Å². The molecule has 0 bridgehead atoms. The molecular formula is C17H18N2O2. The van der Waals surface area contributed by atoms with Gasteiger partial charge in [-0.2, -0.15) is 5.26 Å². The van der Waals surface area contributed by atoms with Crippen molar-refractivity contribution in [3.8, 4) is 17.6 Å². The summed E-state index contributed by atoms with van der Waals surface area (Å²) in [5.41, 5.74) is 2.58. The Labute approximate surface area is 124 Å². The van der Waals surface area contributed by atoms with Crippen molar-refractivity contribution in [2.75, 3.05) is 19.0 Å². The first-order valence-corrected chi connectivity index (χ1v) is 6.80. The predicted octanol–water partition coefficient (Wildman–Crippen LogP) is 3.58. The van der Waals surface area contributed by atoms with Gasteiger partial charge in [0, 0.05) is 18.3 Å². The molecule has 0 saturated heterocycles. The summed E-state index contributed by atoms with van der Waals surface area (Å²) in [4.78, 5) is 0. The van der Waals surface area contributed by atoms with Crippen LogP contribution in [0.1, 0.15) is 18.1 Å². The van der Waals surface area contributed by atoms with Crippen molar-refractivity contribution in [1.29, 1.82) is 5.26 Å². The highest BCUT2D eigenvalue weighted by Crippen LogP contribution is 2.21. The minimum absolute atomic E-state index is 0.541. The average molecular weight is 282 g/mol. The van der Waals surface area contributed by atoms with Crippen LogP contribution >= 0.6 is 0 Å². The van der Waals surface area contributed by atoms with Crippen LogP contribution in [0.5, 0.6) is 11.5 Å². The Hall–Kier alpha value is -2.67. The van der Waals surface area contributed by atoms with Gasteiger partial charge in [0.05, 0.1) is 19.3 Å². The van der Waals surface area contributed by atoms with Crippen molar-refractivity contribution in [3.63, 3.8) is 0 Å². The summed E-state index contributed by atoms with van der Waals surface area (Å²) in [7, 11) is 1.57. The maximum atomic E-state index is 8.97. The number of nitrogens with zero attached hydrogens (tertiary/aromatic N) is 1. The number of hydrogen-bond donors (Lipinski definition) is 1. The van der Waals surface area contributed by atoms with Crippen molar-refractivity contribution < 1.29 is 9.47 Å². The van der Waals surface area contributed by atoms with E-state index in [1.165, 1.54) is 0 Å². The minimum atomic E-state index is 0.541. The lowest BCUT2D eigenvalue weighted by molar-refractivity contribution is 0.340. The maximum absolute atomic E-state index is 8.97. The molecule has 0 aromatic heterocycles. The van der Waals surface area contributed by atoms with Crippen molar-refractivity contribution >= 4 is 5.69 Å². The summed E-state index contributed by atoms with van der Waals surface area (Å²) < 4.78 is 10.7. The van der Waals surface area contributed by atoms with Crippen molar-refractivity contribution in [2.24, 2.45) is 0 Å². The summed E-state index contributed by atoms with van der Waals surface area (Å²) in [6.45, 7) is 3.26. The van der Waals surface area contributed by atoms with Gasteiger partial charge in [0.1, 0.15) is 17.6 Å². The number of anilines is 1. The molecule has 0 aliphatic heterocycles. The Kier molecular flexibility index (Phi) is 5.05. The molecule has 0 unspecified atom stereocenters. The molecule has 0 atom stereocenters. The van der Waals surface area contributed by atoms with Crippen LogP contribution in [0.3, 0.4) is 0 Å². The lowest BCUT2D eigenvalue weighted by Gasteiger charge is -2.10.